The summed E-state index contributed by atoms with van der Waals surface area (Å²) in [6.45, 7) is 5.75. The van der Waals surface area contributed by atoms with E-state index in [0.717, 1.165) is 6.42 Å². The van der Waals surface area contributed by atoms with Crippen molar-refractivity contribution in [1.29, 1.82) is 0 Å². The lowest BCUT2D eigenvalue weighted by Gasteiger charge is -2.28. The van der Waals surface area contributed by atoms with Crippen LogP contribution in [0, 0.1) is 0 Å². The van der Waals surface area contributed by atoms with E-state index in [0.29, 0.717) is 12.1 Å². The molecule has 15 heavy (non-hydrogen) atoms. The Morgan fingerprint density at radius 3 is 2.80 bits per heavy atom. The first-order valence-electron chi connectivity index (χ1n) is 6.36. The van der Waals surface area contributed by atoms with Crippen LogP contribution in [-0.4, -0.2) is 36.4 Å². The molecule has 1 fully saturated rings. The Balaban J connectivity index is 2.18. The molecular formula is C12H26N2O. The highest BCUT2D eigenvalue weighted by molar-refractivity contribution is 4.78. The molecule has 0 aromatic heterocycles. The highest BCUT2D eigenvalue weighted by atomic mass is 16.3. The minimum absolute atomic E-state index is 0.249. The molecule has 0 amide bonds. The van der Waals surface area contributed by atoms with Crippen LogP contribution in [0.4, 0.5) is 0 Å². The summed E-state index contributed by atoms with van der Waals surface area (Å²) in [7, 11) is 0. The fourth-order valence-corrected chi connectivity index (χ4v) is 2.32. The zero-order valence-electron chi connectivity index (χ0n) is 10.1. The van der Waals surface area contributed by atoms with Crippen LogP contribution in [0.2, 0.25) is 0 Å². The van der Waals surface area contributed by atoms with Gasteiger partial charge < -0.3 is 15.7 Å². The molecule has 0 radical (unpaired) electrons. The molecule has 1 rings (SSSR count). The van der Waals surface area contributed by atoms with E-state index in [1.54, 1.807) is 0 Å². The number of nitrogens with one attached hydrogen (secondary N) is 2. The standard InChI is InChI=1S/C12H26N2O/c1-3-11(9-15)14-10(2)8-12-6-4-5-7-13-12/h10-15H,3-9H2,1-2H3. The third-order valence-corrected chi connectivity index (χ3v) is 3.28. The molecule has 3 N–H and O–H groups in total. The largest absolute Gasteiger partial charge is 0.395 e. The van der Waals surface area contributed by atoms with Gasteiger partial charge in [-0.05, 0) is 39.2 Å². The van der Waals surface area contributed by atoms with Gasteiger partial charge in [0.05, 0.1) is 6.61 Å². The van der Waals surface area contributed by atoms with Crippen LogP contribution in [0.3, 0.4) is 0 Å². The maximum atomic E-state index is 9.10. The van der Waals surface area contributed by atoms with Gasteiger partial charge in [0, 0.05) is 18.1 Å². The van der Waals surface area contributed by atoms with Gasteiger partial charge in [-0.25, -0.2) is 0 Å². The molecule has 3 atom stereocenters. The number of hydrogen-bond donors (Lipinski definition) is 3. The summed E-state index contributed by atoms with van der Waals surface area (Å²) >= 11 is 0. The van der Waals surface area contributed by atoms with Crippen molar-refractivity contribution in [1.82, 2.24) is 10.6 Å². The number of aliphatic hydroxyl groups is 1. The summed E-state index contributed by atoms with van der Waals surface area (Å²) in [4.78, 5) is 0. The van der Waals surface area contributed by atoms with Gasteiger partial charge in [-0.3, -0.25) is 0 Å². The van der Waals surface area contributed by atoms with E-state index >= 15 is 0 Å². The SMILES string of the molecule is CCC(CO)NC(C)CC1CCCCN1. The molecule has 0 aromatic carbocycles. The summed E-state index contributed by atoms with van der Waals surface area (Å²) in [5.41, 5.74) is 0. The lowest BCUT2D eigenvalue weighted by molar-refractivity contribution is 0.222. The van der Waals surface area contributed by atoms with Crippen molar-refractivity contribution in [3.63, 3.8) is 0 Å². The molecule has 1 saturated heterocycles. The van der Waals surface area contributed by atoms with Gasteiger partial charge in [-0.2, -0.15) is 0 Å². The Hall–Kier alpha value is -0.120. The summed E-state index contributed by atoms with van der Waals surface area (Å²) in [6, 6.07) is 1.44. The quantitative estimate of drug-likeness (QED) is 0.624. The van der Waals surface area contributed by atoms with Crippen LogP contribution < -0.4 is 10.6 Å². The predicted octanol–water partition coefficient (Wildman–Crippen LogP) is 1.27. The second-order valence-corrected chi connectivity index (χ2v) is 4.74. The van der Waals surface area contributed by atoms with Crippen LogP contribution in [0.15, 0.2) is 0 Å². The Labute approximate surface area is 93.6 Å². The zero-order valence-corrected chi connectivity index (χ0v) is 10.1. The maximum Gasteiger partial charge on any atom is 0.0584 e. The third kappa shape index (κ3) is 4.96. The Morgan fingerprint density at radius 2 is 2.27 bits per heavy atom. The smallest absolute Gasteiger partial charge is 0.0584 e. The minimum Gasteiger partial charge on any atom is -0.395 e. The molecular weight excluding hydrogens is 188 g/mol. The van der Waals surface area contributed by atoms with Crippen molar-refractivity contribution < 1.29 is 5.11 Å². The lowest BCUT2D eigenvalue weighted by atomic mass is 9.98. The Bertz CT molecular complexity index is 154. The molecule has 3 heteroatoms. The van der Waals surface area contributed by atoms with E-state index in [1.165, 1.54) is 32.2 Å². The highest BCUT2D eigenvalue weighted by Crippen LogP contribution is 2.12. The van der Waals surface area contributed by atoms with E-state index in [-0.39, 0.29) is 12.6 Å². The molecule has 0 aromatic rings. The molecule has 1 heterocycles. The first-order chi connectivity index (χ1) is 7.26. The van der Waals surface area contributed by atoms with E-state index in [2.05, 4.69) is 24.5 Å². The summed E-state index contributed by atoms with van der Waals surface area (Å²) in [5.74, 6) is 0. The van der Waals surface area contributed by atoms with Crippen molar-refractivity contribution >= 4 is 0 Å². The maximum absolute atomic E-state index is 9.10. The van der Waals surface area contributed by atoms with Gasteiger partial charge in [-0.1, -0.05) is 13.3 Å². The van der Waals surface area contributed by atoms with Crippen molar-refractivity contribution in [3.05, 3.63) is 0 Å². The van der Waals surface area contributed by atoms with Crippen LogP contribution in [0.1, 0.15) is 46.0 Å². The average molecular weight is 214 g/mol. The van der Waals surface area contributed by atoms with Crippen molar-refractivity contribution in [2.75, 3.05) is 13.2 Å². The van der Waals surface area contributed by atoms with Crippen LogP contribution in [-0.2, 0) is 0 Å². The van der Waals surface area contributed by atoms with Crippen molar-refractivity contribution in [3.8, 4) is 0 Å². The lowest BCUT2D eigenvalue weighted by Crippen LogP contribution is -2.44. The molecule has 1 aliphatic heterocycles. The molecule has 1 aliphatic rings. The Morgan fingerprint density at radius 1 is 1.47 bits per heavy atom. The number of piperidine rings is 1. The van der Waals surface area contributed by atoms with Crippen molar-refractivity contribution in [2.45, 2.75) is 64.1 Å². The minimum atomic E-state index is 0.249. The van der Waals surface area contributed by atoms with E-state index < -0.39 is 0 Å². The molecule has 3 unspecified atom stereocenters. The van der Waals surface area contributed by atoms with E-state index in [4.69, 9.17) is 5.11 Å². The van der Waals surface area contributed by atoms with Crippen molar-refractivity contribution in [2.24, 2.45) is 0 Å². The monoisotopic (exact) mass is 214 g/mol. The van der Waals surface area contributed by atoms with Crippen LogP contribution >= 0.6 is 0 Å². The van der Waals surface area contributed by atoms with Gasteiger partial charge in [0.15, 0.2) is 0 Å². The second-order valence-electron chi connectivity index (χ2n) is 4.74. The first kappa shape index (κ1) is 12.9. The normalized spacial score (nSPS) is 26.2. The number of rotatable bonds is 6. The molecule has 0 bridgehead atoms. The summed E-state index contributed by atoms with van der Waals surface area (Å²) in [5, 5.41) is 16.1. The predicted molar refractivity (Wildman–Crippen MR) is 64.0 cm³/mol. The zero-order chi connectivity index (χ0) is 11.1. The first-order valence-corrected chi connectivity index (χ1v) is 6.36. The van der Waals surface area contributed by atoms with Crippen LogP contribution in [0.5, 0.6) is 0 Å². The van der Waals surface area contributed by atoms with Gasteiger partial charge in [0.25, 0.3) is 0 Å². The number of aliphatic hydroxyl groups excluding tert-OH is 1. The molecule has 0 saturated carbocycles. The molecule has 90 valence electrons. The van der Waals surface area contributed by atoms with Gasteiger partial charge in [0.2, 0.25) is 0 Å². The van der Waals surface area contributed by atoms with Gasteiger partial charge >= 0.3 is 0 Å². The van der Waals surface area contributed by atoms with E-state index in [9.17, 15) is 0 Å². The topological polar surface area (TPSA) is 44.3 Å². The molecule has 0 spiro atoms. The molecule has 0 aliphatic carbocycles. The van der Waals surface area contributed by atoms with Gasteiger partial charge in [0.1, 0.15) is 0 Å². The highest BCUT2D eigenvalue weighted by Gasteiger charge is 2.17. The average Bonchev–Trinajstić information content (AvgIpc) is 2.27. The summed E-state index contributed by atoms with van der Waals surface area (Å²) < 4.78 is 0. The van der Waals surface area contributed by atoms with Crippen LogP contribution in [0.25, 0.3) is 0 Å². The van der Waals surface area contributed by atoms with Gasteiger partial charge in [-0.15, -0.1) is 0 Å². The number of hydrogen-bond acceptors (Lipinski definition) is 3. The van der Waals surface area contributed by atoms with E-state index in [1.807, 2.05) is 0 Å². The third-order valence-electron chi connectivity index (χ3n) is 3.28. The fraction of sp³-hybridized carbons (Fsp3) is 1.00. The Kier molecular flexibility index (Phi) is 6.22. The second kappa shape index (κ2) is 7.20. The summed E-state index contributed by atoms with van der Waals surface area (Å²) in [6.07, 6.45) is 6.17. The molecule has 3 nitrogen and oxygen atoms in total. The fourth-order valence-electron chi connectivity index (χ4n) is 2.32.